The van der Waals surface area contributed by atoms with Crippen molar-refractivity contribution >= 4 is 23.3 Å². The number of carbonyl (C=O) groups excluding carboxylic acids is 2. The number of nitrogens with one attached hydrogen (secondary N) is 1. The van der Waals surface area contributed by atoms with Gasteiger partial charge in [-0.25, -0.2) is 9.18 Å². The third kappa shape index (κ3) is 5.44. The van der Waals surface area contributed by atoms with Gasteiger partial charge in [0.25, 0.3) is 5.91 Å². The number of nitrogens with zero attached hydrogens (tertiary/aromatic N) is 2. The first kappa shape index (κ1) is 24.2. The van der Waals surface area contributed by atoms with Crippen LogP contribution in [-0.2, 0) is 9.53 Å². The molecule has 1 unspecified atom stereocenters. The lowest BCUT2D eigenvalue weighted by Gasteiger charge is -2.39. The van der Waals surface area contributed by atoms with Crippen LogP contribution in [0.5, 0.6) is 5.75 Å². The molecule has 0 saturated carbocycles. The molecular formula is C27H28FN3O4. The number of amides is 1. The molecule has 3 aromatic rings. The molecule has 0 radical (unpaired) electrons. The van der Waals surface area contributed by atoms with Crippen LogP contribution < -0.4 is 15.0 Å². The zero-order valence-corrected chi connectivity index (χ0v) is 19.7. The molecule has 182 valence electrons. The Kier molecular flexibility index (Phi) is 7.62. The molecule has 1 atom stereocenters. The van der Waals surface area contributed by atoms with E-state index in [-0.39, 0.29) is 11.9 Å². The topological polar surface area (TPSA) is 71.1 Å². The number of carbonyl (C=O) groups is 2. The maximum atomic E-state index is 15.0. The van der Waals surface area contributed by atoms with E-state index in [9.17, 15) is 9.59 Å². The van der Waals surface area contributed by atoms with Crippen LogP contribution in [0.4, 0.5) is 15.8 Å². The largest absolute Gasteiger partial charge is 0.496 e. The number of hydrogen-bond acceptors (Lipinski definition) is 6. The summed E-state index contributed by atoms with van der Waals surface area (Å²) < 4.78 is 25.3. The van der Waals surface area contributed by atoms with E-state index in [2.05, 4.69) is 10.2 Å². The van der Waals surface area contributed by atoms with E-state index < -0.39 is 11.9 Å². The molecule has 1 amide bonds. The molecule has 1 heterocycles. The minimum absolute atomic E-state index is 0.314. The SMILES string of the molecule is COC(=O)C(c1ccccc1)N1CCN(c2ccc(NC(=O)c3ccccc3OC)cc2F)CC1. The highest BCUT2D eigenvalue weighted by atomic mass is 19.1. The lowest BCUT2D eigenvalue weighted by molar-refractivity contribution is -0.147. The molecule has 0 spiro atoms. The summed E-state index contributed by atoms with van der Waals surface area (Å²) in [7, 11) is 2.88. The van der Waals surface area contributed by atoms with E-state index in [4.69, 9.17) is 9.47 Å². The summed E-state index contributed by atoms with van der Waals surface area (Å²) in [6.45, 7) is 2.23. The van der Waals surface area contributed by atoms with E-state index >= 15 is 4.39 Å². The standard InChI is InChI=1S/C27H28FN3O4/c1-34-24-11-7-6-10-21(24)26(32)29-20-12-13-23(22(28)18-20)30-14-16-31(17-15-30)25(27(33)35-2)19-8-4-3-5-9-19/h3-13,18,25H,14-17H2,1-2H3,(H,29,32). The molecule has 3 aromatic carbocycles. The van der Waals surface area contributed by atoms with E-state index in [1.165, 1.54) is 20.3 Å². The van der Waals surface area contributed by atoms with Gasteiger partial charge >= 0.3 is 5.97 Å². The first-order valence-electron chi connectivity index (χ1n) is 11.4. The zero-order valence-electron chi connectivity index (χ0n) is 19.7. The van der Waals surface area contributed by atoms with Gasteiger partial charge in [0, 0.05) is 31.9 Å². The molecule has 1 fully saturated rings. The Morgan fingerprint density at radius 3 is 2.26 bits per heavy atom. The van der Waals surface area contributed by atoms with Crippen molar-refractivity contribution in [3.8, 4) is 5.75 Å². The maximum absolute atomic E-state index is 15.0. The van der Waals surface area contributed by atoms with Crippen LogP contribution >= 0.6 is 0 Å². The van der Waals surface area contributed by atoms with Gasteiger partial charge in [-0.3, -0.25) is 9.69 Å². The molecule has 0 bridgehead atoms. The van der Waals surface area contributed by atoms with Crippen LogP contribution in [0.2, 0.25) is 0 Å². The monoisotopic (exact) mass is 477 g/mol. The van der Waals surface area contributed by atoms with Crippen molar-refractivity contribution in [2.24, 2.45) is 0 Å². The molecular weight excluding hydrogens is 449 g/mol. The van der Waals surface area contributed by atoms with Crippen LogP contribution in [0.15, 0.2) is 72.8 Å². The number of para-hydroxylation sites is 1. The Labute approximate surface area is 204 Å². The van der Waals surface area contributed by atoms with Gasteiger partial charge in [-0.15, -0.1) is 0 Å². The second-order valence-electron chi connectivity index (χ2n) is 8.18. The molecule has 35 heavy (non-hydrogen) atoms. The van der Waals surface area contributed by atoms with Crippen molar-refractivity contribution in [1.29, 1.82) is 0 Å². The number of rotatable bonds is 7. The number of methoxy groups -OCH3 is 2. The number of benzene rings is 3. The fourth-order valence-corrected chi connectivity index (χ4v) is 4.34. The van der Waals surface area contributed by atoms with Crippen LogP contribution in [0.3, 0.4) is 0 Å². The summed E-state index contributed by atoms with van der Waals surface area (Å²) in [6, 6.07) is 20.5. The number of halogens is 1. The minimum atomic E-state index is -0.499. The first-order chi connectivity index (χ1) is 17.0. The normalized spacial score (nSPS) is 14.8. The second kappa shape index (κ2) is 11.0. The molecule has 1 N–H and O–H groups in total. The molecule has 0 aromatic heterocycles. The molecule has 1 saturated heterocycles. The average molecular weight is 478 g/mol. The van der Waals surface area contributed by atoms with Gasteiger partial charge in [0.2, 0.25) is 0 Å². The van der Waals surface area contributed by atoms with Crippen molar-refractivity contribution in [3.05, 3.63) is 89.7 Å². The summed E-state index contributed by atoms with van der Waals surface area (Å²) >= 11 is 0. The third-order valence-electron chi connectivity index (χ3n) is 6.12. The lowest BCUT2D eigenvalue weighted by atomic mass is 10.0. The Morgan fingerprint density at radius 1 is 0.914 bits per heavy atom. The highest BCUT2D eigenvalue weighted by Crippen LogP contribution is 2.28. The fourth-order valence-electron chi connectivity index (χ4n) is 4.34. The Morgan fingerprint density at radius 2 is 1.60 bits per heavy atom. The number of ether oxygens (including phenoxy) is 2. The fraction of sp³-hybridized carbons (Fsp3) is 0.259. The summed E-state index contributed by atoms with van der Waals surface area (Å²) in [5.74, 6) is -0.673. The lowest BCUT2D eigenvalue weighted by Crippen LogP contribution is -2.49. The van der Waals surface area contributed by atoms with Crippen LogP contribution in [-0.4, -0.2) is 57.2 Å². The van der Waals surface area contributed by atoms with E-state index in [0.717, 1.165) is 5.56 Å². The number of anilines is 2. The van der Waals surface area contributed by atoms with Gasteiger partial charge in [-0.2, -0.15) is 0 Å². The number of piperazine rings is 1. The van der Waals surface area contributed by atoms with Gasteiger partial charge in [-0.05, 0) is 35.9 Å². The first-order valence-corrected chi connectivity index (χ1v) is 11.4. The van der Waals surface area contributed by atoms with Gasteiger partial charge in [0.1, 0.15) is 17.6 Å². The second-order valence-corrected chi connectivity index (χ2v) is 8.18. The third-order valence-corrected chi connectivity index (χ3v) is 6.12. The smallest absolute Gasteiger partial charge is 0.327 e. The van der Waals surface area contributed by atoms with E-state index in [1.54, 1.807) is 36.4 Å². The molecule has 7 nitrogen and oxygen atoms in total. The Bertz CT molecular complexity index is 1180. The van der Waals surface area contributed by atoms with Crippen LogP contribution in [0.1, 0.15) is 22.0 Å². The van der Waals surface area contributed by atoms with Crippen molar-refractivity contribution in [1.82, 2.24) is 4.90 Å². The van der Waals surface area contributed by atoms with Crippen molar-refractivity contribution in [2.75, 3.05) is 50.6 Å². The van der Waals surface area contributed by atoms with Crippen molar-refractivity contribution in [2.45, 2.75) is 6.04 Å². The van der Waals surface area contributed by atoms with E-state index in [1.807, 2.05) is 35.2 Å². The maximum Gasteiger partial charge on any atom is 0.327 e. The van der Waals surface area contributed by atoms with Crippen molar-refractivity contribution < 1.29 is 23.5 Å². The molecule has 4 rings (SSSR count). The summed E-state index contributed by atoms with van der Waals surface area (Å²) in [5, 5.41) is 2.73. The highest BCUT2D eigenvalue weighted by Gasteiger charge is 2.31. The molecule has 1 aliphatic rings. The minimum Gasteiger partial charge on any atom is -0.496 e. The molecule has 8 heteroatoms. The van der Waals surface area contributed by atoms with Gasteiger partial charge in [0.15, 0.2) is 0 Å². The Hall–Kier alpha value is -3.91. The predicted octanol–water partition coefficient (Wildman–Crippen LogP) is 4.12. The van der Waals surface area contributed by atoms with Crippen LogP contribution in [0.25, 0.3) is 0 Å². The van der Waals surface area contributed by atoms with Gasteiger partial charge < -0.3 is 19.7 Å². The Balaban J connectivity index is 1.43. The number of esters is 1. The summed E-state index contributed by atoms with van der Waals surface area (Å²) in [4.78, 5) is 29.1. The van der Waals surface area contributed by atoms with Crippen LogP contribution in [0, 0.1) is 5.82 Å². The van der Waals surface area contributed by atoms with Gasteiger partial charge in [-0.1, -0.05) is 42.5 Å². The average Bonchev–Trinajstić information content (AvgIpc) is 2.90. The summed E-state index contributed by atoms with van der Waals surface area (Å²) in [5.41, 5.74) is 2.05. The van der Waals surface area contributed by atoms with Crippen molar-refractivity contribution in [3.63, 3.8) is 0 Å². The van der Waals surface area contributed by atoms with Gasteiger partial charge in [0.05, 0.1) is 25.5 Å². The quantitative estimate of drug-likeness (QED) is 0.516. The predicted molar refractivity (Wildman–Crippen MR) is 132 cm³/mol. The summed E-state index contributed by atoms with van der Waals surface area (Å²) in [6.07, 6.45) is 0. The molecule has 1 aliphatic heterocycles. The zero-order chi connectivity index (χ0) is 24.8. The highest BCUT2D eigenvalue weighted by molar-refractivity contribution is 6.06. The number of hydrogen-bond donors (Lipinski definition) is 1. The molecule has 0 aliphatic carbocycles. The van der Waals surface area contributed by atoms with E-state index in [0.29, 0.717) is 48.9 Å².